The topological polar surface area (TPSA) is 93.7 Å². The molecule has 4 N–H and O–H groups in total. The van der Waals surface area contributed by atoms with E-state index in [0.29, 0.717) is 25.4 Å². The zero-order chi connectivity index (χ0) is 21.1. The Morgan fingerprint density at radius 2 is 2.00 bits per heavy atom. The molecule has 29 heavy (non-hydrogen) atoms. The predicted octanol–water partition coefficient (Wildman–Crippen LogP) is -0.219. The molecule has 7 nitrogen and oxygen atoms in total. The molecule has 0 aromatic heterocycles. The molecule has 2 aliphatic rings. The number of hydrogen-bond donors (Lipinski definition) is 4. The van der Waals surface area contributed by atoms with Gasteiger partial charge in [0.1, 0.15) is 17.7 Å². The molecule has 0 unspecified atom stereocenters. The van der Waals surface area contributed by atoms with Crippen molar-refractivity contribution in [3.63, 3.8) is 0 Å². The Kier molecular flexibility index (Phi) is 6.81. The zero-order valence-corrected chi connectivity index (χ0v) is 16.6. The molecule has 2 amide bonds. The van der Waals surface area contributed by atoms with Crippen molar-refractivity contribution >= 4 is 11.8 Å². The van der Waals surface area contributed by atoms with Crippen molar-refractivity contribution < 1.29 is 23.5 Å². The first-order valence-corrected chi connectivity index (χ1v) is 9.89. The highest BCUT2D eigenvalue weighted by Crippen LogP contribution is 2.22. The summed E-state index contributed by atoms with van der Waals surface area (Å²) in [6, 6.07) is 0.915. The number of carbonyl (C=O) groups excluding carboxylic acids is 2. The lowest BCUT2D eigenvalue weighted by Gasteiger charge is -2.34. The van der Waals surface area contributed by atoms with Crippen LogP contribution in [0.1, 0.15) is 18.9 Å². The van der Waals surface area contributed by atoms with Crippen molar-refractivity contribution in [3.05, 3.63) is 35.4 Å². The van der Waals surface area contributed by atoms with Crippen LogP contribution in [0.25, 0.3) is 0 Å². The highest BCUT2D eigenvalue weighted by Gasteiger charge is 2.38. The van der Waals surface area contributed by atoms with Crippen molar-refractivity contribution in [2.45, 2.75) is 44.0 Å². The van der Waals surface area contributed by atoms with Crippen molar-refractivity contribution in [3.8, 4) is 0 Å². The smallest absolute Gasteiger partial charge is 0.239 e. The van der Waals surface area contributed by atoms with Crippen LogP contribution in [0.4, 0.5) is 8.78 Å². The van der Waals surface area contributed by atoms with Crippen molar-refractivity contribution in [1.29, 1.82) is 0 Å². The van der Waals surface area contributed by atoms with Crippen LogP contribution in [-0.4, -0.2) is 72.7 Å². The fourth-order valence-electron chi connectivity index (χ4n) is 4.20. The Hall–Kier alpha value is -2.10. The average Bonchev–Trinajstić information content (AvgIpc) is 2.98. The highest BCUT2D eigenvalue weighted by molar-refractivity contribution is 5.84. The first kappa shape index (κ1) is 21.6. The second-order valence-electron chi connectivity index (χ2n) is 8.11. The van der Waals surface area contributed by atoms with Crippen LogP contribution in [0.15, 0.2) is 18.2 Å². The Balaban J connectivity index is 1.80. The van der Waals surface area contributed by atoms with Crippen LogP contribution in [0, 0.1) is 17.6 Å². The second-order valence-corrected chi connectivity index (χ2v) is 8.11. The van der Waals surface area contributed by atoms with Crippen LogP contribution in [0.5, 0.6) is 0 Å². The van der Waals surface area contributed by atoms with Gasteiger partial charge in [0, 0.05) is 25.7 Å². The third-order valence-electron chi connectivity index (χ3n) is 5.59. The molecule has 2 heterocycles. The summed E-state index contributed by atoms with van der Waals surface area (Å²) in [4.78, 5) is 27.0. The van der Waals surface area contributed by atoms with Gasteiger partial charge in [-0.25, -0.2) is 8.78 Å². The van der Waals surface area contributed by atoms with Gasteiger partial charge >= 0.3 is 0 Å². The molecule has 0 bridgehead atoms. The van der Waals surface area contributed by atoms with Crippen LogP contribution >= 0.6 is 0 Å². The number of likely N-dealkylation sites (N-methyl/N-ethyl adjacent to an activating group) is 1. The Morgan fingerprint density at radius 3 is 2.59 bits per heavy atom. The normalized spacial score (nSPS) is 27.3. The van der Waals surface area contributed by atoms with Crippen LogP contribution in [0.3, 0.4) is 0 Å². The largest absolute Gasteiger partial charge is 0.389 e. The van der Waals surface area contributed by atoms with Crippen molar-refractivity contribution in [2.24, 2.45) is 5.92 Å². The average molecular weight is 410 g/mol. The van der Waals surface area contributed by atoms with Gasteiger partial charge in [-0.05, 0) is 43.5 Å². The molecule has 3 rings (SSSR count). The first-order valence-electron chi connectivity index (χ1n) is 9.89. The molecule has 2 saturated heterocycles. The number of nitrogens with one attached hydrogen (secondary N) is 3. The lowest BCUT2D eigenvalue weighted by atomic mass is 9.94. The van der Waals surface area contributed by atoms with Gasteiger partial charge in [-0.1, -0.05) is 6.92 Å². The van der Waals surface area contributed by atoms with E-state index in [9.17, 15) is 23.5 Å². The molecule has 0 aliphatic carbocycles. The quantitative estimate of drug-likeness (QED) is 0.521. The van der Waals surface area contributed by atoms with E-state index in [1.165, 1.54) is 0 Å². The zero-order valence-electron chi connectivity index (χ0n) is 16.6. The number of carbonyl (C=O) groups is 2. The van der Waals surface area contributed by atoms with Gasteiger partial charge in [0.05, 0.1) is 18.2 Å². The maximum absolute atomic E-state index is 13.6. The Bertz CT molecular complexity index is 743. The van der Waals surface area contributed by atoms with Gasteiger partial charge in [-0.2, -0.15) is 0 Å². The number of nitrogens with zero attached hydrogens (tertiary/aromatic N) is 1. The van der Waals surface area contributed by atoms with Gasteiger partial charge < -0.3 is 21.1 Å². The molecule has 1 aromatic rings. The maximum Gasteiger partial charge on any atom is 0.239 e. The number of halogens is 2. The van der Waals surface area contributed by atoms with Crippen molar-refractivity contribution in [2.75, 3.05) is 26.7 Å². The summed E-state index contributed by atoms with van der Waals surface area (Å²) in [6.45, 7) is 3.76. The van der Waals surface area contributed by atoms with E-state index < -0.39 is 29.8 Å². The monoisotopic (exact) mass is 410 g/mol. The summed E-state index contributed by atoms with van der Waals surface area (Å²) in [6.07, 6.45) is -0.601. The van der Waals surface area contributed by atoms with Gasteiger partial charge in [-0.15, -0.1) is 0 Å². The molecule has 0 radical (unpaired) electrons. The number of amides is 2. The van der Waals surface area contributed by atoms with E-state index in [0.717, 1.165) is 24.7 Å². The van der Waals surface area contributed by atoms with Crippen LogP contribution in [0.2, 0.25) is 0 Å². The minimum Gasteiger partial charge on any atom is -0.389 e. The Morgan fingerprint density at radius 1 is 1.31 bits per heavy atom. The van der Waals surface area contributed by atoms with E-state index in [-0.39, 0.29) is 29.8 Å². The number of benzene rings is 1. The summed E-state index contributed by atoms with van der Waals surface area (Å²) < 4.78 is 27.3. The number of likely N-dealkylation sites (tertiary alicyclic amines) is 1. The maximum atomic E-state index is 13.6. The fourth-order valence-corrected chi connectivity index (χ4v) is 4.20. The summed E-state index contributed by atoms with van der Waals surface area (Å²) in [7, 11) is 1.86. The molecule has 5 atom stereocenters. The van der Waals surface area contributed by atoms with Crippen molar-refractivity contribution in [1.82, 2.24) is 20.9 Å². The second kappa shape index (κ2) is 9.15. The molecule has 0 saturated carbocycles. The molecule has 2 fully saturated rings. The lowest BCUT2D eigenvalue weighted by Crippen LogP contribution is -2.64. The van der Waals surface area contributed by atoms with Gasteiger partial charge in [0.15, 0.2) is 0 Å². The van der Waals surface area contributed by atoms with Crippen LogP contribution in [-0.2, 0) is 16.0 Å². The van der Waals surface area contributed by atoms with Gasteiger partial charge in [0.25, 0.3) is 0 Å². The molecule has 9 heteroatoms. The molecule has 160 valence electrons. The fraction of sp³-hybridized carbons (Fsp3) is 0.600. The van der Waals surface area contributed by atoms with Crippen LogP contribution < -0.4 is 16.0 Å². The summed E-state index contributed by atoms with van der Waals surface area (Å²) >= 11 is 0. The minimum atomic E-state index is -1.27. The number of aliphatic hydroxyl groups is 1. The molecular weight excluding hydrogens is 382 g/mol. The molecular formula is C20H28F2N4O3. The SMILES string of the molecule is C[C@H]1C[C@@H](C(=O)N[C@@H](Cc2cc(F)cc(F)c2)[C@H](O)[C@@H]2NCCNC2=O)N(C)C1. The van der Waals surface area contributed by atoms with E-state index in [1.54, 1.807) is 0 Å². The summed E-state index contributed by atoms with van der Waals surface area (Å²) in [5, 5.41) is 19.3. The van der Waals surface area contributed by atoms with E-state index in [2.05, 4.69) is 22.9 Å². The highest BCUT2D eigenvalue weighted by atomic mass is 19.1. The number of rotatable bonds is 6. The third-order valence-corrected chi connectivity index (χ3v) is 5.59. The lowest BCUT2D eigenvalue weighted by molar-refractivity contribution is -0.131. The van der Waals surface area contributed by atoms with E-state index >= 15 is 0 Å². The van der Waals surface area contributed by atoms with Gasteiger partial charge in [-0.3, -0.25) is 14.5 Å². The first-order chi connectivity index (χ1) is 13.7. The minimum absolute atomic E-state index is 0.0148. The molecule has 0 spiro atoms. The summed E-state index contributed by atoms with van der Waals surface area (Å²) in [5.74, 6) is -1.76. The number of hydrogen-bond acceptors (Lipinski definition) is 5. The standard InChI is InChI=1S/C20H28F2N4O3/c1-11-5-16(26(2)10-11)19(28)25-15(8-12-6-13(21)9-14(22)7-12)18(27)17-20(29)24-4-3-23-17/h6-7,9,11,15-18,23,27H,3-5,8,10H2,1-2H3,(H,24,29)(H,25,28)/t11-,15-,16-,17-,18-/m0/s1. The van der Waals surface area contributed by atoms with E-state index in [1.807, 2.05) is 11.9 Å². The number of aliphatic hydroxyl groups excluding tert-OH is 1. The van der Waals surface area contributed by atoms with E-state index in [4.69, 9.17) is 0 Å². The summed E-state index contributed by atoms with van der Waals surface area (Å²) in [5.41, 5.74) is 0.288. The van der Waals surface area contributed by atoms with Gasteiger partial charge in [0.2, 0.25) is 11.8 Å². The predicted molar refractivity (Wildman–Crippen MR) is 103 cm³/mol. The molecule has 1 aromatic carbocycles. The molecule has 2 aliphatic heterocycles. The third kappa shape index (κ3) is 5.29. The Labute approximate surface area is 168 Å². The number of piperazine rings is 1.